The molecule has 17 heteroatoms. The van der Waals surface area contributed by atoms with E-state index in [0.717, 1.165) is 12.0 Å². The van der Waals surface area contributed by atoms with E-state index in [1.54, 1.807) is 27.0 Å². The average Bonchev–Trinajstić information content (AvgIpc) is 3.38. The Morgan fingerprint density at radius 2 is 1.55 bits per heavy atom. The summed E-state index contributed by atoms with van der Waals surface area (Å²) in [4.78, 5) is 73.2. The van der Waals surface area contributed by atoms with Gasteiger partial charge in [-0.05, 0) is 107 Å². The first kappa shape index (κ1) is 63.0. The van der Waals surface area contributed by atoms with Gasteiger partial charge in [0.05, 0.1) is 57.5 Å². The Kier molecular flexibility index (Phi) is 27.0. The number of allylic oxidation sites excluding steroid dienone is 6. The highest BCUT2D eigenvalue weighted by Gasteiger charge is 2.53. The highest BCUT2D eigenvalue weighted by atomic mass is 16.6. The van der Waals surface area contributed by atoms with Crippen LogP contribution in [0.1, 0.15) is 126 Å². The fourth-order valence-electron chi connectivity index (χ4n) is 11.1. The minimum atomic E-state index is -2.47. The van der Waals surface area contributed by atoms with Gasteiger partial charge in [0.1, 0.15) is 30.1 Å². The van der Waals surface area contributed by atoms with Crippen molar-refractivity contribution in [2.45, 2.75) is 180 Å². The quantitative estimate of drug-likeness (QED) is 0.0718. The molecule has 4 aliphatic rings. The van der Waals surface area contributed by atoms with Crippen molar-refractivity contribution in [1.82, 2.24) is 4.90 Å². The van der Waals surface area contributed by atoms with E-state index in [0.29, 0.717) is 76.7 Å². The lowest BCUT2D eigenvalue weighted by Gasteiger charge is -2.43. The number of carbonyl (C=O) groups excluding carboxylic acids is 5. The van der Waals surface area contributed by atoms with Crippen LogP contribution in [0.5, 0.6) is 0 Å². The summed E-state index contributed by atoms with van der Waals surface area (Å²) in [5, 5.41) is 21.6. The minimum absolute atomic E-state index is 0.0313. The monoisotopic (exact) mass is 1040 g/mol. The number of nitrogens with two attached hydrogens (primary N) is 1. The van der Waals surface area contributed by atoms with Crippen LogP contribution < -0.4 is 5.73 Å². The van der Waals surface area contributed by atoms with Crippen molar-refractivity contribution >= 4 is 29.2 Å². The second kappa shape index (κ2) is 31.7. The van der Waals surface area contributed by atoms with E-state index in [-0.39, 0.29) is 93.1 Å². The molecule has 1 saturated carbocycles. The normalized spacial score (nSPS) is 37.0. The van der Waals surface area contributed by atoms with Gasteiger partial charge in [-0.25, -0.2) is 4.79 Å². The maximum Gasteiger partial charge on any atom is 0.329 e. The van der Waals surface area contributed by atoms with Gasteiger partial charge in [-0.2, -0.15) is 0 Å². The van der Waals surface area contributed by atoms with Crippen molar-refractivity contribution in [2.24, 2.45) is 41.2 Å². The third-order valence-corrected chi connectivity index (χ3v) is 15.6. The third kappa shape index (κ3) is 18.1. The number of nitrogens with zero attached hydrogens (tertiary/aromatic N) is 1. The minimum Gasteiger partial charge on any atom is -0.460 e. The molecule has 0 aromatic carbocycles. The van der Waals surface area contributed by atoms with Gasteiger partial charge in [0.15, 0.2) is 5.78 Å². The van der Waals surface area contributed by atoms with Gasteiger partial charge >= 0.3 is 5.97 Å². The number of ether oxygens (including phenoxy) is 8. The average molecular weight is 1050 g/mol. The summed E-state index contributed by atoms with van der Waals surface area (Å²) in [5.41, 5.74) is 7.11. The Bertz CT molecular complexity index is 1920. The first-order chi connectivity index (χ1) is 35.3. The van der Waals surface area contributed by atoms with Crippen LogP contribution in [-0.2, 0) is 61.9 Å². The molecule has 0 radical (unpaired) electrons. The van der Waals surface area contributed by atoms with Crippen molar-refractivity contribution in [3.63, 3.8) is 0 Å². The van der Waals surface area contributed by atoms with Gasteiger partial charge in [0.25, 0.3) is 11.7 Å². The number of Topliss-reactive ketones (excluding diaryl/α,β-unsaturated/α-hetero) is 3. The van der Waals surface area contributed by atoms with Crippen molar-refractivity contribution in [2.75, 3.05) is 67.5 Å². The predicted octanol–water partition coefficient (Wildman–Crippen LogP) is 6.20. The molecular formula is C57H92N2O15. The van der Waals surface area contributed by atoms with E-state index in [1.165, 1.54) is 19.1 Å². The molecule has 3 fully saturated rings. The molecule has 2 saturated heterocycles. The molecule has 0 aromatic rings. The van der Waals surface area contributed by atoms with Crippen LogP contribution in [0.4, 0.5) is 0 Å². The molecule has 3 aliphatic heterocycles. The van der Waals surface area contributed by atoms with E-state index >= 15 is 0 Å². The number of carbonyl (C=O) groups is 5. The summed E-state index contributed by atoms with van der Waals surface area (Å²) in [7, 11) is 4.62. The van der Waals surface area contributed by atoms with Gasteiger partial charge < -0.3 is 58.7 Å². The zero-order chi connectivity index (χ0) is 54.5. The second-order valence-corrected chi connectivity index (χ2v) is 21.4. The number of piperidine rings is 1. The number of amides is 1. The first-order valence-corrected chi connectivity index (χ1v) is 27.3. The van der Waals surface area contributed by atoms with Crippen LogP contribution in [0.2, 0.25) is 0 Å². The van der Waals surface area contributed by atoms with E-state index in [9.17, 15) is 34.2 Å². The van der Waals surface area contributed by atoms with Gasteiger partial charge in [-0.3, -0.25) is 19.2 Å². The number of ketones is 3. The first-order valence-electron chi connectivity index (χ1n) is 27.3. The summed E-state index contributed by atoms with van der Waals surface area (Å²) < 4.78 is 48.0. The molecule has 420 valence electrons. The topological polar surface area (TPSA) is 229 Å². The largest absolute Gasteiger partial charge is 0.460 e. The summed E-state index contributed by atoms with van der Waals surface area (Å²) in [6, 6.07) is -1.15. The molecule has 15 atom stereocenters. The standard InChI is InChI=1S/C57H92N2O15/c1-36-16-12-11-13-17-37(2)48(72-29-28-70-26-23-58)34-44-21-19-42(7)57(66,74-44)54(63)55(64)59-24-15-14-18-45(59)56(65)73-49(39(4)32-43-20-22-47(71-27-25-60)50(33-43)67-8)35-46(61)38(3)31-41(6)52(68-9)53(69-10)51(62)40(5)30-36/h11-13,16-17,31,36,38-40,42-45,47-50,52-53,60,66H,14-15,18-30,32-35,58H2,1-10H3/b13-11+,16-12+,37-17+,41-31+/t36-,38-,39-,40-,42-,43+,44+,45+,47-,48?,49+,50-,52-,53+,57-/m1/s1. The summed E-state index contributed by atoms with van der Waals surface area (Å²) in [6.07, 6.45) is 12.9. The predicted molar refractivity (Wildman–Crippen MR) is 280 cm³/mol. The summed E-state index contributed by atoms with van der Waals surface area (Å²) >= 11 is 0. The number of hydrogen-bond donors (Lipinski definition) is 3. The van der Waals surface area contributed by atoms with E-state index in [2.05, 4.69) is 0 Å². The Hall–Kier alpha value is -3.49. The number of esters is 1. The molecule has 4 rings (SSSR count). The summed E-state index contributed by atoms with van der Waals surface area (Å²) in [5.74, 6) is -7.68. The molecule has 17 nitrogen and oxygen atoms in total. The SMILES string of the molecule is CO[C@@H]1/C(C)=C/[C@@H](C)C(=O)C[C@@H]([C@H](C)C[C@@H]2CC[C@@H](OCCO)[C@H](OC)C2)OC(=O)[C@@H]2CCCCN2C(=O)C(=O)[C@]2(O)O[C@@H](CC[C@H]2C)CC(OCCOCCN)/C(C)=C/C=C/C=C/[C@@H](C)C[C@@H](C)C(=O)[C@@H]1OC. The number of aliphatic hydroxyl groups excluding tert-OH is 1. The lowest BCUT2D eigenvalue weighted by molar-refractivity contribution is -0.266. The molecule has 0 aromatic heterocycles. The van der Waals surface area contributed by atoms with Crippen molar-refractivity contribution in [3.8, 4) is 0 Å². The zero-order valence-electron chi connectivity index (χ0n) is 46.2. The molecular weight excluding hydrogens is 953 g/mol. The number of methoxy groups -OCH3 is 3. The molecule has 1 aliphatic carbocycles. The highest BCUT2D eigenvalue weighted by molar-refractivity contribution is 6.39. The number of cyclic esters (lactones) is 1. The zero-order valence-corrected chi connectivity index (χ0v) is 46.2. The smallest absolute Gasteiger partial charge is 0.329 e. The molecule has 2 bridgehead atoms. The molecule has 1 unspecified atom stereocenters. The lowest BCUT2D eigenvalue weighted by Crippen LogP contribution is -2.61. The lowest BCUT2D eigenvalue weighted by atomic mass is 9.78. The van der Waals surface area contributed by atoms with E-state index < -0.39 is 71.8 Å². The van der Waals surface area contributed by atoms with Crippen LogP contribution >= 0.6 is 0 Å². The number of hydrogen-bond acceptors (Lipinski definition) is 16. The van der Waals surface area contributed by atoms with Gasteiger partial charge in [0, 0.05) is 65.0 Å². The van der Waals surface area contributed by atoms with Crippen LogP contribution in [0, 0.1) is 35.5 Å². The number of aliphatic hydroxyl groups is 2. The molecule has 4 N–H and O–H groups in total. The van der Waals surface area contributed by atoms with Gasteiger partial charge in [-0.1, -0.05) is 71.1 Å². The number of fused-ring (bicyclic) bond motifs is 3. The number of rotatable bonds is 15. The molecule has 0 spiro atoms. The maximum atomic E-state index is 14.6. The fraction of sp³-hybridized carbons (Fsp3) is 0.772. The highest BCUT2D eigenvalue weighted by Crippen LogP contribution is 2.38. The Balaban J connectivity index is 1.73. The Morgan fingerprint density at radius 1 is 0.811 bits per heavy atom. The van der Waals surface area contributed by atoms with Gasteiger partial charge in [0.2, 0.25) is 5.79 Å². The molecule has 3 heterocycles. The Labute approximate surface area is 441 Å². The van der Waals surface area contributed by atoms with Crippen molar-refractivity contribution in [3.05, 3.63) is 47.6 Å². The van der Waals surface area contributed by atoms with Crippen LogP contribution in [0.25, 0.3) is 0 Å². The summed E-state index contributed by atoms with van der Waals surface area (Å²) in [6.45, 7) is 14.5. The fourth-order valence-corrected chi connectivity index (χ4v) is 11.1. The van der Waals surface area contributed by atoms with E-state index in [4.69, 9.17) is 43.6 Å². The molecule has 1 amide bonds. The Morgan fingerprint density at radius 3 is 2.24 bits per heavy atom. The molecule has 74 heavy (non-hydrogen) atoms. The third-order valence-electron chi connectivity index (χ3n) is 15.6. The second-order valence-electron chi connectivity index (χ2n) is 21.4. The van der Waals surface area contributed by atoms with Crippen LogP contribution in [0.15, 0.2) is 47.6 Å². The van der Waals surface area contributed by atoms with Gasteiger partial charge in [-0.15, -0.1) is 0 Å². The van der Waals surface area contributed by atoms with Crippen molar-refractivity contribution < 1.29 is 72.1 Å². The maximum absolute atomic E-state index is 14.6. The van der Waals surface area contributed by atoms with E-state index in [1.807, 2.05) is 65.0 Å². The van der Waals surface area contributed by atoms with Crippen molar-refractivity contribution in [1.29, 1.82) is 0 Å². The van der Waals surface area contributed by atoms with Crippen LogP contribution in [-0.4, -0.2) is 166 Å². The van der Waals surface area contributed by atoms with Crippen LogP contribution in [0.3, 0.4) is 0 Å².